The van der Waals surface area contributed by atoms with E-state index in [1.807, 2.05) is 6.92 Å². The molecule has 1 fully saturated rings. The maximum atomic E-state index is 6.18. The van der Waals surface area contributed by atoms with Crippen LogP contribution in [0.4, 0.5) is 0 Å². The van der Waals surface area contributed by atoms with E-state index in [-0.39, 0.29) is 0 Å². The highest BCUT2D eigenvalue weighted by molar-refractivity contribution is 7.80. The monoisotopic (exact) mass is 319 g/mol. The Bertz CT molecular complexity index is 453. The van der Waals surface area contributed by atoms with E-state index < -0.39 is 0 Å². The molecule has 1 aromatic rings. The molecule has 0 radical (unpaired) electrons. The van der Waals surface area contributed by atoms with Crippen molar-refractivity contribution in [1.82, 2.24) is 4.90 Å². The third-order valence-corrected chi connectivity index (χ3v) is 3.89. The molecule has 0 aliphatic carbocycles. The lowest BCUT2D eigenvalue weighted by molar-refractivity contribution is 0.0693. The standard InChI is InChI=1S/C13H15Cl2NO2S/c1-2-18-12-10(14)7-9(8-11(12)15)13(19)16-3-5-17-6-4-16/h7-8H,2-6H2,1H3. The normalized spacial score (nSPS) is 15.4. The molecule has 1 aromatic carbocycles. The Morgan fingerprint density at radius 1 is 1.32 bits per heavy atom. The number of morpholine rings is 1. The summed E-state index contributed by atoms with van der Waals surface area (Å²) in [5.74, 6) is 0.513. The van der Waals surface area contributed by atoms with Crippen LogP contribution >= 0.6 is 35.4 Å². The van der Waals surface area contributed by atoms with Gasteiger partial charge in [0, 0.05) is 18.7 Å². The summed E-state index contributed by atoms with van der Waals surface area (Å²) in [5, 5.41) is 0.972. The molecule has 0 bridgehead atoms. The minimum atomic E-state index is 0.486. The molecular formula is C13H15Cl2NO2S. The van der Waals surface area contributed by atoms with Gasteiger partial charge in [-0.2, -0.15) is 0 Å². The first-order valence-electron chi connectivity index (χ1n) is 6.12. The predicted octanol–water partition coefficient (Wildman–Crippen LogP) is 3.40. The minimum Gasteiger partial charge on any atom is -0.491 e. The Labute approximate surface area is 128 Å². The summed E-state index contributed by atoms with van der Waals surface area (Å²) >= 11 is 17.8. The van der Waals surface area contributed by atoms with Gasteiger partial charge >= 0.3 is 0 Å². The van der Waals surface area contributed by atoms with E-state index in [2.05, 4.69) is 4.90 Å². The SMILES string of the molecule is CCOc1c(Cl)cc(C(=S)N2CCOCC2)cc1Cl. The molecule has 6 heteroatoms. The molecule has 3 nitrogen and oxygen atoms in total. The lowest BCUT2D eigenvalue weighted by Crippen LogP contribution is -2.40. The average Bonchev–Trinajstić information content (AvgIpc) is 2.43. The maximum absolute atomic E-state index is 6.18. The fraction of sp³-hybridized carbons (Fsp3) is 0.462. The van der Waals surface area contributed by atoms with Crippen LogP contribution in [0.3, 0.4) is 0 Å². The van der Waals surface area contributed by atoms with Gasteiger partial charge < -0.3 is 14.4 Å². The summed E-state index contributed by atoms with van der Waals surface area (Å²) in [4.78, 5) is 2.84. The molecule has 0 aromatic heterocycles. The summed E-state index contributed by atoms with van der Waals surface area (Å²) in [6.45, 7) is 5.38. The van der Waals surface area contributed by atoms with Gasteiger partial charge in [-0.1, -0.05) is 35.4 Å². The Hall–Kier alpha value is -0.550. The van der Waals surface area contributed by atoms with Gasteiger partial charge in [0.15, 0.2) is 5.75 Å². The second-order valence-electron chi connectivity index (χ2n) is 4.11. The zero-order chi connectivity index (χ0) is 13.8. The topological polar surface area (TPSA) is 21.7 Å². The second-order valence-corrected chi connectivity index (χ2v) is 5.31. The quantitative estimate of drug-likeness (QED) is 0.796. The lowest BCUT2D eigenvalue weighted by atomic mass is 10.2. The number of rotatable bonds is 3. The molecule has 0 atom stereocenters. The molecule has 1 aliphatic heterocycles. The number of benzene rings is 1. The molecule has 19 heavy (non-hydrogen) atoms. The number of hydrogen-bond donors (Lipinski definition) is 0. The first-order chi connectivity index (χ1) is 9.13. The van der Waals surface area contributed by atoms with Crippen LogP contribution < -0.4 is 4.74 Å². The van der Waals surface area contributed by atoms with Crippen molar-refractivity contribution < 1.29 is 9.47 Å². The van der Waals surface area contributed by atoms with Gasteiger partial charge in [-0.05, 0) is 19.1 Å². The van der Waals surface area contributed by atoms with E-state index >= 15 is 0 Å². The van der Waals surface area contributed by atoms with Crippen molar-refractivity contribution >= 4 is 40.4 Å². The van der Waals surface area contributed by atoms with Crippen LogP contribution in [0.2, 0.25) is 10.0 Å². The maximum Gasteiger partial charge on any atom is 0.156 e. The van der Waals surface area contributed by atoms with Crippen LogP contribution in [0.1, 0.15) is 12.5 Å². The Morgan fingerprint density at radius 3 is 2.42 bits per heavy atom. The van der Waals surface area contributed by atoms with Crippen molar-refractivity contribution in [3.8, 4) is 5.75 Å². The van der Waals surface area contributed by atoms with E-state index in [0.29, 0.717) is 35.6 Å². The van der Waals surface area contributed by atoms with Crippen LogP contribution in [-0.2, 0) is 4.74 Å². The number of thiocarbonyl (C=S) groups is 1. The third kappa shape index (κ3) is 3.51. The second kappa shape index (κ2) is 6.75. The van der Waals surface area contributed by atoms with Crippen molar-refractivity contribution in [2.75, 3.05) is 32.9 Å². The first-order valence-corrected chi connectivity index (χ1v) is 7.28. The summed E-state index contributed by atoms with van der Waals surface area (Å²) < 4.78 is 10.7. The van der Waals surface area contributed by atoms with Gasteiger partial charge in [-0.3, -0.25) is 0 Å². The Kier molecular flexibility index (Phi) is 5.28. The predicted molar refractivity (Wildman–Crippen MR) is 81.7 cm³/mol. The smallest absolute Gasteiger partial charge is 0.156 e. The highest BCUT2D eigenvalue weighted by atomic mass is 35.5. The van der Waals surface area contributed by atoms with Gasteiger partial charge in [0.2, 0.25) is 0 Å². The van der Waals surface area contributed by atoms with E-state index in [0.717, 1.165) is 23.6 Å². The van der Waals surface area contributed by atoms with Crippen LogP contribution in [0, 0.1) is 0 Å². The highest BCUT2D eigenvalue weighted by Gasteiger charge is 2.18. The van der Waals surface area contributed by atoms with Gasteiger partial charge in [-0.25, -0.2) is 0 Å². The molecule has 1 aliphatic rings. The molecule has 1 heterocycles. The Morgan fingerprint density at radius 2 is 1.89 bits per heavy atom. The molecule has 0 N–H and O–H groups in total. The zero-order valence-corrected chi connectivity index (χ0v) is 12.9. The number of nitrogens with zero attached hydrogens (tertiary/aromatic N) is 1. The third-order valence-electron chi connectivity index (χ3n) is 2.83. The van der Waals surface area contributed by atoms with Crippen molar-refractivity contribution in [1.29, 1.82) is 0 Å². The van der Waals surface area contributed by atoms with Crippen molar-refractivity contribution in [3.63, 3.8) is 0 Å². The summed E-state index contributed by atoms with van der Waals surface area (Å²) in [6.07, 6.45) is 0. The van der Waals surface area contributed by atoms with Gasteiger partial charge in [-0.15, -0.1) is 0 Å². The van der Waals surface area contributed by atoms with E-state index in [1.54, 1.807) is 12.1 Å². The van der Waals surface area contributed by atoms with Crippen LogP contribution in [0.25, 0.3) is 0 Å². The van der Waals surface area contributed by atoms with Gasteiger partial charge in [0.1, 0.15) is 4.99 Å². The average molecular weight is 320 g/mol. The van der Waals surface area contributed by atoms with Crippen molar-refractivity contribution in [2.24, 2.45) is 0 Å². The van der Waals surface area contributed by atoms with E-state index in [4.69, 9.17) is 44.9 Å². The van der Waals surface area contributed by atoms with Crippen molar-refractivity contribution in [2.45, 2.75) is 6.92 Å². The first kappa shape index (κ1) is 14.9. The van der Waals surface area contributed by atoms with E-state index in [1.165, 1.54) is 0 Å². The number of hydrogen-bond acceptors (Lipinski definition) is 3. The highest BCUT2D eigenvalue weighted by Crippen LogP contribution is 2.34. The summed E-state index contributed by atoms with van der Waals surface area (Å²) in [5.41, 5.74) is 0.843. The molecule has 0 saturated carbocycles. The Balaban J connectivity index is 2.22. The van der Waals surface area contributed by atoms with Gasteiger partial charge in [0.25, 0.3) is 0 Å². The molecule has 104 valence electrons. The number of ether oxygens (including phenoxy) is 2. The summed E-state index contributed by atoms with van der Waals surface area (Å²) in [6, 6.07) is 3.60. The minimum absolute atomic E-state index is 0.486. The van der Waals surface area contributed by atoms with E-state index in [9.17, 15) is 0 Å². The van der Waals surface area contributed by atoms with Crippen LogP contribution in [-0.4, -0.2) is 42.8 Å². The molecule has 0 amide bonds. The van der Waals surface area contributed by atoms with Crippen LogP contribution in [0.5, 0.6) is 5.75 Å². The molecule has 0 unspecified atom stereocenters. The van der Waals surface area contributed by atoms with Gasteiger partial charge in [0.05, 0.1) is 29.9 Å². The molecule has 2 rings (SSSR count). The molecule has 0 spiro atoms. The zero-order valence-electron chi connectivity index (χ0n) is 10.6. The summed E-state index contributed by atoms with van der Waals surface area (Å²) in [7, 11) is 0. The lowest BCUT2D eigenvalue weighted by Gasteiger charge is -2.29. The fourth-order valence-electron chi connectivity index (χ4n) is 1.91. The van der Waals surface area contributed by atoms with Crippen LogP contribution in [0.15, 0.2) is 12.1 Å². The molecular weight excluding hydrogens is 305 g/mol. The number of halogens is 2. The molecule has 1 saturated heterocycles. The largest absolute Gasteiger partial charge is 0.491 e. The van der Waals surface area contributed by atoms with Crippen molar-refractivity contribution in [3.05, 3.63) is 27.7 Å². The fourth-order valence-corrected chi connectivity index (χ4v) is 2.81.